The molecule has 0 fully saturated rings. The van der Waals surface area contributed by atoms with E-state index in [-0.39, 0.29) is 39.4 Å². The van der Waals surface area contributed by atoms with Gasteiger partial charge in [-0.15, -0.1) is 0 Å². The van der Waals surface area contributed by atoms with E-state index in [1.807, 2.05) is 0 Å². The zero-order chi connectivity index (χ0) is 25.4. The van der Waals surface area contributed by atoms with Crippen molar-refractivity contribution >= 4 is 52.7 Å². The Labute approximate surface area is 213 Å². The highest BCUT2D eigenvalue weighted by Gasteiger charge is 2.23. The van der Waals surface area contributed by atoms with E-state index in [0.717, 1.165) is 0 Å². The average Bonchev–Trinajstić information content (AvgIpc) is 2.84. The monoisotopic (exact) mass is 566 g/mol. The molecule has 0 heterocycles. The van der Waals surface area contributed by atoms with Gasteiger partial charge in [0, 0.05) is 10.0 Å². The molecule has 180 valence electrons. The Morgan fingerprint density at radius 3 is 0.886 bits per heavy atom. The first-order chi connectivity index (χ1) is 16.4. The molecule has 0 amide bonds. The van der Waals surface area contributed by atoms with Crippen LogP contribution in [0.15, 0.2) is 126 Å². The summed E-state index contributed by atoms with van der Waals surface area (Å²) < 4.78 is 77.4. The van der Waals surface area contributed by atoms with Crippen LogP contribution >= 0.6 is 23.2 Å². The second-order valence-corrected chi connectivity index (χ2v) is 14.1. The summed E-state index contributed by atoms with van der Waals surface area (Å²) in [4.78, 5) is -0.515. The van der Waals surface area contributed by atoms with E-state index in [2.05, 4.69) is 0 Å². The van der Waals surface area contributed by atoms with Gasteiger partial charge in [0.15, 0.2) is 0 Å². The number of rotatable bonds is 6. The fourth-order valence-electron chi connectivity index (χ4n) is 3.27. The van der Waals surface area contributed by atoms with Gasteiger partial charge < -0.3 is 0 Å². The van der Waals surface area contributed by atoms with Crippen LogP contribution in [0.2, 0.25) is 10.0 Å². The van der Waals surface area contributed by atoms with Gasteiger partial charge in [0.2, 0.25) is 29.5 Å². The van der Waals surface area contributed by atoms with Gasteiger partial charge in [-0.25, -0.2) is 25.3 Å². The summed E-state index contributed by atoms with van der Waals surface area (Å²) in [6.45, 7) is 0. The lowest BCUT2D eigenvalue weighted by molar-refractivity contribution is 0.591. The van der Waals surface area contributed by atoms with E-state index in [1.165, 1.54) is 84.9 Å². The zero-order valence-electron chi connectivity index (χ0n) is 17.7. The third kappa shape index (κ3) is 5.00. The quantitative estimate of drug-likeness (QED) is 0.305. The lowest BCUT2D eigenvalue weighted by atomic mass is 10.4. The van der Waals surface area contributed by atoms with Crippen molar-refractivity contribution in [2.24, 2.45) is 0 Å². The SMILES string of the molecule is O=S(=O)(c1ccc(S(=O)(=O)c2cccc(Cl)c2)cc1)c1ccc(S(=O)(=O)c2cccc(Cl)c2)cc1. The van der Waals surface area contributed by atoms with Crippen LogP contribution in [-0.2, 0) is 29.5 Å². The molecule has 4 rings (SSSR count). The topological polar surface area (TPSA) is 102 Å². The summed E-state index contributed by atoms with van der Waals surface area (Å²) >= 11 is 11.8. The van der Waals surface area contributed by atoms with Gasteiger partial charge in [-0.3, -0.25) is 0 Å². The van der Waals surface area contributed by atoms with Gasteiger partial charge >= 0.3 is 0 Å². The van der Waals surface area contributed by atoms with Crippen molar-refractivity contribution in [2.75, 3.05) is 0 Å². The maximum Gasteiger partial charge on any atom is 0.206 e. The van der Waals surface area contributed by atoms with Crippen LogP contribution in [0.4, 0.5) is 0 Å². The minimum absolute atomic E-state index is 0.0166. The van der Waals surface area contributed by atoms with Crippen LogP contribution in [0, 0.1) is 0 Å². The number of hydrogen-bond acceptors (Lipinski definition) is 6. The molecule has 35 heavy (non-hydrogen) atoms. The molecule has 0 saturated heterocycles. The molecule has 0 aliphatic rings. The van der Waals surface area contributed by atoms with E-state index in [0.29, 0.717) is 0 Å². The molecular formula is C24H16Cl2O6S3. The van der Waals surface area contributed by atoms with Crippen LogP contribution in [-0.4, -0.2) is 25.3 Å². The van der Waals surface area contributed by atoms with E-state index in [4.69, 9.17) is 23.2 Å². The van der Waals surface area contributed by atoms with E-state index in [9.17, 15) is 25.3 Å². The molecule has 4 aromatic carbocycles. The molecule has 0 N–H and O–H groups in total. The summed E-state index contributed by atoms with van der Waals surface area (Å²) in [5.41, 5.74) is 0. The second kappa shape index (κ2) is 9.40. The van der Waals surface area contributed by atoms with Crippen molar-refractivity contribution in [1.29, 1.82) is 0 Å². The summed E-state index contributed by atoms with van der Waals surface area (Å²) in [6, 6.07) is 21.0. The van der Waals surface area contributed by atoms with Crippen molar-refractivity contribution < 1.29 is 25.3 Å². The predicted octanol–water partition coefficient (Wildman–Crippen LogP) is 5.49. The Bertz CT molecular complexity index is 1600. The van der Waals surface area contributed by atoms with E-state index >= 15 is 0 Å². The highest BCUT2D eigenvalue weighted by Crippen LogP contribution is 2.29. The third-order valence-corrected chi connectivity index (χ3v) is 10.9. The minimum atomic E-state index is -4.04. The largest absolute Gasteiger partial charge is 0.219 e. The van der Waals surface area contributed by atoms with E-state index in [1.54, 1.807) is 12.1 Å². The Kier molecular flexibility index (Phi) is 6.82. The Morgan fingerprint density at radius 1 is 0.371 bits per heavy atom. The normalized spacial score (nSPS) is 12.4. The molecule has 0 bridgehead atoms. The molecule has 0 unspecified atom stereocenters. The summed E-state index contributed by atoms with van der Waals surface area (Å²) in [5.74, 6) is 0. The number of hydrogen-bond donors (Lipinski definition) is 0. The number of sulfone groups is 3. The van der Waals surface area contributed by atoms with Crippen LogP contribution < -0.4 is 0 Å². The van der Waals surface area contributed by atoms with Gasteiger partial charge in [0.1, 0.15) is 0 Å². The lowest BCUT2D eigenvalue weighted by Crippen LogP contribution is -2.06. The standard InChI is InChI=1S/C24H16Cl2O6S3/c25-17-3-1-5-23(15-17)34(29,30)21-11-7-19(8-12-21)33(27,28)20-9-13-22(14-10-20)35(31,32)24-6-2-4-18(26)16-24/h1-16H. The van der Waals surface area contributed by atoms with Crippen molar-refractivity contribution in [1.82, 2.24) is 0 Å². The fraction of sp³-hybridized carbons (Fsp3) is 0. The summed E-state index contributed by atoms with van der Waals surface area (Å²) in [7, 11) is -11.8. The van der Waals surface area contributed by atoms with Crippen LogP contribution in [0.1, 0.15) is 0 Å². The average molecular weight is 567 g/mol. The second-order valence-electron chi connectivity index (χ2n) is 7.37. The molecule has 0 aliphatic heterocycles. The van der Waals surface area contributed by atoms with Crippen molar-refractivity contribution in [2.45, 2.75) is 29.4 Å². The third-order valence-electron chi connectivity index (χ3n) is 5.10. The number of benzene rings is 4. The summed E-state index contributed by atoms with van der Waals surface area (Å²) in [6.07, 6.45) is 0. The molecule has 4 aromatic rings. The van der Waals surface area contributed by atoms with Gasteiger partial charge in [-0.1, -0.05) is 35.3 Å². The van der Waals surface area contributed by atoms with Gasteiger partial charge in [-0.05, 0) is 84.9 Å². The van der Waals surface area contributed by atoms with Crippen LogP contribution in [0.25, 0.3) is 0 Å². The van der Waals surface area contributed by atoms with Gasteiger partial charge in [-0.2, -0.15) is 0 Å². The van der Waals surface area contributed by atoms with Crippen LogP contribution in [0.5, 0.6) is 0 Å². The molecule has 0 spiro atoms. The highest BCUT2D eigenvalue weighted by atomic mass is 35.5. The lowest BCUT2D eigenvalue weighted by Gasteiger charge is -2.09. The highest BCUT2D eigenvalue weighted by molar-refractivity contribution is 7.92. The fourth-order valence-corrected chi connectivity index (χ4v) is 7.66. The number of halogens is 2. The van der Waals surface area contributed by atoms with E-state index < -0.39 is 29.5 Å². The van der Waals surface area contributed by atoms with Gasteiger partial charge in [0.25, 0.3) is 0 Å². The molecular weight excluding hydrogens is 551 g/mol. The molecule has 0 aliphatic carbocycles. The van der Waals surface area contributed by atoms with Gasteiger partial charge in [0.05, 0.1) is 29.4 Å². The molecule has 0 atom stereocenters. The maximum atomic E-state index is 13.1. The molecule has 0 saturated carbocycles. The molecule has 11 heteroatoms. The van der Waals surface area contributed by atoms with Crippen LogP contribution in [0.3, 0.4) is 0 Å². The zero-order valence-corrected chi connectivity index (χ0v) is 21.6. The first-order valence-corrected chi connectivity index (χ1v) is 15.1. The Balaban J connectivity index is 1.64. The Hall–Kier alpha value is -2.69. The minimum Gasteiger partial charge on any atom is -0.219 e. The maximum absolute atomic E-state index is 13.1. The molecule has 6 nitrogen and oxygen atoms in total. The van der Waals surface area contributed by atoms with Crippen molar-refractivity contribution in [3.05, 3.63) is 107 Å². The van der Waals surface area contributed by atoms with Crippen molar-refractivity contribution in [3.63, 3.8) is 0 Å². The first kappa shape index (κ1) is 25.4. The smallest absolute Gasteiger partial charge is 0.206 e. The first-order valence-electron chi connectivity index (χ1n) is 9.89. The summed E-state index contributed by atoms with van der Waals surface area (Å²) in [5, 5.41) is 0.511. The Morgan fingerprint density at radius 2 is 0.629 bits per heavy atom. The molecule has 0 radical (unpaired) electrons. The van der Waals surface area contributed by atoms with Crippen molar-refractivity contribution in [3.8, 4) is 0 Å². The molecule has 0 aromatic heterocycles. The predicted molar refractivity (Wildman–Crippen MR) is 132 cm³/mol.